The second-order valence-corrected chi connectivity index (χ2v) is 11.7. The third-order valence-corrected chi connectivity index (χ3v) is 8.21. The lowest BCUT2D eigenvalue weighted by molar-refractivity contribution is -0.304. The third-order valence-electron chi connectivity index (χ3n) is 7.37. The van der Waals surface area contributed by atoms with E-state index in [2.05, 4.69) is 24.4 Å². The summed E-state index contributed by atoms with van der Waals surface area (Å²) < 4.78 is 37.5. The number of carbonyl (C=O) groups excluding carboxylic acids is 1. The number of aliphatic hydroxyl groups excluding tert-OH is 1. The maximum atomic E-state index is 11.1. The Morgan fingerprint density at radius 2 is 1.36 bits per heavy atom. The summed E-state index contributed by atoms with van der Waals surface area (Å²) in [5.41, 5.74) is 3.37. The molecule has 5 atom stereocenters. The van der Waals surface area contributed by atoms with Crippen LogP contribution in [0.5, 0.6) is 0 Å². The molecule has 9 nitrogen and oxygen atoms in total. The Morgan fingerprint density at radius 3 is 1.98 bits per heavy atom. The van der Waals surface area contributed by atoms with E-state index in [4.69, 9.17) is 33.5 Å². The lowest BCUT2D eigenvalue weighted by Crippen LogP contribution is -2.57. The average Bonchev–Trinajstić information content (AvgIpc) is 3.08. The quantitative estimate of drug-likeness (QED) is 0.136. The Bertz CT molecular complexity index is 1210. The topological polar surface area (TPSA) is 105 Å². The normalized spacial score (nSPS) is 21.4. The van der Waals surface area contributed by atoms with Gasteiger partial charge >= 0.3 is 0 Å². The maximum absolute atomic E-state index is 11.1. The molecule has 1 fully saturated rings. The van der Waals surface area contributed by atoms with Crippen molar-refractivity contribution in [3.05, 3.63) is 108 Å². The summed E-state index contributed by atoms with van der Waals surface area (Å²) in [5.74, 6) is 0.771. The van der Waals surface area contributed by atoms with Crippen LogP contribution in [0.3, 0.4) is 0 Å². The molecule has 1 aliphatic heterocycles. The molecule has 3 aromatic carbocycles. The minimum absolute atomic E-state index is 0.0547. The highest BCUT2D eigenvalue weighted by atomic mass is 32.2. The first-order valence-electron chi connectivity index (χ1n) is 15.4. The van der Waals surface area contributed by atoms with Crippen molar-refractivity contribution in [2.75, 3.05) is 45.5 Å². The highest BCUT2D eigenvalue weighted by Gasteiger charge is 2.46. The van der Waals surface area contributed by atoms with Crippen molar-refractivity contribution >= 4 is 17.7 Å². The summed E-state index contributed by atoms with van der Waals surface area (Å²) >= 11 is 1.68. The summed E-state index contributed by atoms with van der Waals surface area (Å²) in [7, 11) is 0. The van der Waals surface area contributed by atoms with Gasteiger partial charge < -0.3 is 38.8 Å². The molecule has 10 heteroatoms. The zero-order valence-corrected chi connectivity index (χ0v) is 26.6. The molecule has 1 aliphatic rings. The van der Waals surface area contributed by atoms with Gasteiger partial charge in [-0.15, -0.1) is 11.8 Å². The van der Waals surface area contributed by atoms with Crippen molar-refractivity contribution in [2.24, 2.45) is 5.92 Å². The molecular formula is C35H45NO8S. The number of benzene rings is 3. The van der Waals surface area contributed by atoms with Crippen LogP contribution in [0.15, 0.2) is 91.0 Å². The van der Waals surface area contributed by atoms with Gasteiger partial charge in [-0.1, -0.05) is 97.9 Å². The molecule has 0 saturated carbocycles. The highest BCUT2D eigenvalue weighted by Crippen LogP contribution is 2.33. The zero-order chi connectivity index (χ0) is 31.5. The lowest BCUT2D eigenvalue weighted by atomic mass is 9.90. The molecule has 0 spiro atoms. The van der Waals surface area contributed by atoms with Crippen molar-refractivity contribution in [3.63, 3.8) is 0 Å². The van der Waals surface area contributed by atoms with E-state index in [0.717, 1.165) is 16.9 Å². The van der Waals surface area contributed by atoms with E-state index in [0.29, 0.717) is 52.1 Å². The Kier molecular flexibility index (Phi) is 15.9. The highest BCUT2D eigenvalue weighted by molar-refractivity contribution is 7.98. The van der Waals surface area contributed by atoms with E-state index in [1.165, 1.54) is 5.56 Å². The smallest absolute Gasteiger partial charge is 0.245 e. The van der Waals surface area contributed by atoms with Crippen molar-refractivity contribution in [2.45, 2.75) is 50.5 Å². The summed E-state index contributed by atoms with van der Waals surface area (Å²) in [5, 5.41) is 11.3. The molecule has 0 radical (unpaired) electrons. The first-order valence-corrected chi connectivity index (χ1v) is 16.5. The second kappa shape index (κ2) is 20.3. The Morgan fingerprint density at radius 1 is 0.778 bits per heavy atom. The number of ether oxygens (including phenoxy) is 6. The number of aliphatic hydroxyl groups is 1. The first-order chi connectivity index (χ1) is 22.1. The number of rotatable bonds is 20. The van der Waals surface area contributed by atoms with E-state index >= 15 is 0 Å². The van der Waals surface area contributed by atoms with Crippen molar-refractivity contribution in [1.29, 1.82) is 0 Å². The molecule has 1 amide bonds. The molecule has 3 aromatic rings. The van der Waals surface area contributed by atoms with E-state index in [9.17, 15) is 4.79 Å². The van der Waals surface area contributed by atoms with Crippen LogP contribution < -0.4 is 5.32 Å². The fourth-order valence-electron chi connectivity index (χ4n) is 4.90. The van der Waals surface area contributed by atoms with Crippen LogP contribution in [0.1, 0.15) is 23.6 Å². The number of carbonyl (C=O) groups is 1. The molecule has 5 unspecified atom stereocenters. The first kappa shape index (κ1) is 35.1. The van der Waals surface area contributed by atoms with Crippen LogP contribution in [-0.2, 0) is 52.2 Å². The number of nitrogens with one attached hydrogen (secondary N) is 1. The summed E-state index contributed by atoms with van der Waals surface area (Å²) in [6.45, 7) is 4.12. The van der Waals surface area contributed by atoms with Crippen LogP contribution in [-0.4, -0.2) is 81.1 Å². The Hall–Kier alpha value is -2.80. The molecular weight excluding hydrogens is 594 g/mol. The number of hydrogen-bond acceptors (Lipinski definition) is 9. The van der Waals surface area contributed by atoms with Crippen molar-refractivity contribution in [3.8, 4) is 0 Å². The third kappa shape index (κ3) is 12.5. The van der Waals surface area contributed by atoms with E-state index in [1.54, 1.807) is 11.8 Å². The molecule has 0 aliphatic carbocycles. The monoisotopic (exact) mass is 639 g/mol. The molecule has 1 heterocycles. The molecule has 0 aromatic heterocycles. The SMILES string of the molecule is CC1C(COCCOCCNC(=O)CO)OC(OCSCc2ccccc2)C(OCc2ccccc2)C1OCc1ccccc1. The van der Waals surface area contributed by atoms with Gasteiger partial charge in [0.05, 0.1) is 57.8 Å². The predicted octanol–water partition coefficient (Wildman–Crippen LogP) is 4.57. The summed E-state index contributed by atoms with van der Waals surface area (Å²) in [6.07, 6.45) is -1.73. The standard InChI is InChI=1S/C35H45NO8S/c1-27-31(24-40-20-19-39-18-17-36-32(38)21-37)44-35(43-26-45-25-30-15-9-4-10-16-30)34(42-23-29-13-7-3-8-14-29)33(27)41-22-28-11-5-2-6-12-28/h2-16,27,31,33-35,37H,17-26H2,1H3,(H,36,38). The Balaban J connectivity index is 1.39. The molecule has 2 N–H and O–H groups in total. The van der Waals surface area contributed by atoms with Gasteiger partial charge in [-0.25, -0.2) is 0 Å². The molecule has 244 valence electrons. The lowest BCUT2D eigenvalue weighted by Gasteiger charge is -2.45. The Labute approximate surface area is 270 Å². The number of hydrogen-bond donors (Lipinski definition) is 2. The molecule has 4 rings (SSSR count). The van der Waals surface area contributed by atoms with Gasteiger partial charge in [-0.05, 0) is 16.7 Å². The van der Waals surface area contributed by atoms with E-state index in [-0.39, 0.29) is 18.1 Å². The van der Waals surface area contributed by atoms with Gasteiger partial charge in [0.2, 0.25) is 5.91 Å². The minimum atomic E-state index is -0.658. The largest absolute Gasteiger partial charge is 0.387 e. The van der Waals surface area contributed by atoms with Gasteiger partial charge in [0.25, 0.3) is 0 Å². The maximum Gasteiger partial charge on any atom is 0.245 e. The van der Waals surface area contributed by atoms with Gasteiger partial charge in [0.15, 0.2) is 6.29 Å². The van der Waals surface area contributed by atoms with Crippen LogP contribution in [0.25, 0.3) is 0 Å². The van der Waals surface area contributed by atoms with Crippen molar-refractivity contribution in [1.82, 2.24) is 5.32 Å². The van der Waals surface area contributed by atoms with Crippen molar-refractivity contribution < 1.29 is 38.3 Å². The number of amides is 1. The van der Waals surface area contributed by atoms with Gasteiger partial charge in [-0.2, -0.15) is 0 Å². The second-order valence-electron chi connectivity index (χ2n) is 10.7. The molecule has 1 saturated heterocycles. The zero-order valence-electron chi connectivity index (χ0n) is 25.8. The van der Waals surface area contributed by atoms with Gasteiger partial charge in [0.1, 0.15) is 12.7 Å². The fourth-order valence-corrected chi connectivity index (χ4v) is 5.65. The minimum Gasteiger partial charge on any atom is -0.387 e. The molecule has 0 bridgehead atoms. The number of thioether (sulfide) groups is 1. The van der Waals surface area contributed by atoms with Crippen LogP contribution in [0, 0.1) is 5.92 Å². The predicted molar refractivity (Wildman–Crippen MR) is 173 cm³/mol. The average molecular weight is 640 g/mol. The molecule has 45 heavy (non-hydrogen) atoms. The summed E-state index contributed by atoms with van der Waals surface area (Å²) in [6, 6.07) is 30.5. The van der Waals surface area contributed by atoms with Crippen LogP contribution in [0.2, 0.25) is 0 Å². The van der Waals surface area contributed by atoms with E-state index in [1.807, 2.05) is 78.9 Å². The van der Waals surface area contributed by atoms with Gasteiger partial charge in [0, 0.05) is 18.2 Å². The van der Waals surface area contributed by atoms with Crippen LogP contribution >= 0.6 is 11.8 Å². The van der Waals surface area contributed by atoms with E-state index < -0.39 is 24.9 Å². The summed E-state index contributed by atoms with van der Waals surface area (Å²) in [4.78, 5) is 11.1. The van der Waals surface area contributed by atoms with Gasteiger partial charge in [-0.3, -0.25) is 4.79 Å². The van der Waals surface area contributed by atoms with Crippen LogP contribution in [0.4, 0.5) is 0 Å². The fraction of sp³-hybridized carbons (Fsp3) is 0.457.